The van der Waals surface area contributed by atoms with Crippen LogP contribution in [0.4, 0.5) is 0 Å². The topological polar surface area (TPSA) is 21.1 Å². The molecule has 1 atom stereocenters. The minimum Gasteiger partial charge on any atom is -0.326 e. The Bertz CT molecular complexity index is 614. The van der Waals surface area contributed by atoms with Gasteiger partial charge in [0, 0.05) is 24.9 Å². The summed E-state index contributed by atoms with van der Waals surface area (Å²) >= 11 is 5.97. The Morgan fingerprint density at radius 2 is 2.05 bits per heavy atom. The van der Waals surface area contributed by atoms with Crippen molar-refractivity contribution in [3.63, 3.8) is 0 Å². The monoisotopic (exact) mass is 305 g/mol. The van der Waals surface area contributed by atoms with Gasteiger partial charge in [0.05, 0.1) is 11.0 Å². The van der Waals surface area contributed by atoms with Crippen molar-refractivity contribution in [2.75, 3.05) is 19.0 Å². The molecule has 3 nitrogen and oxygen atoms in total. The average molecular weight is 306 g/mol. The summed E-state index contributed by atoms with van der Waals surface area (Å²) in [5, 5.41) is 0. The van der Waals surface area contributed by atoms with Crippen molar-refractivity contribution in [2.24, 2.45) is 0 Å². The highest BCUT2D eigenvalue weighted by molar-refractivity contribution is 6.17. The summed E-state index contributed by atoms with van der Waals surface area (Å²) in [6, 6.07) is 7.06. The van der Waals surface area contributed by atoms with Crippen LogP contribution >= 0.6 is 11.6 Å². The summed E-state index contributed by atoms with van der Waals surface area (Å²) in [4.78, 5) is 7.37. The van der Waals surface area contributed by atoms with E-state index in [0.717, 1.165) is 24.3 Å². The number of alkyl halides is 1. The molecule has 0 aliphatic carbocycles. The largest absolute Gasteiger partial charge is 0.326 e. The van der Waals surface area contributed by atoms with Gasteiger partial charge >= 0.3 is 0 Å². The highest BCUT2D eigenvalue weighted by Crippen LogP contribution is 2.21. The van der Waals surface area contributed by atoms with E-state index >= 15 is 0 Å². The maximum atomic E-state index is 5.97. The van der Waals surface area contributed by atoms with Crippen molar-refractivity contribution in [3.8, 4) is 0 Å². The van der Waals surface area contributed by atoms with Crippen molar-refractivity contribution < 1.29 is 0 Å². The van der Waals surface area contributed by atoms with Gasteiger partial charge in [-0.1, -0.05) is 6.07 Å². The highest BCUT2D eigenvalue weighted by Gasteiger charge is 2.20. The van der Waals surface area contributed by atoms with E-state index in [1.165, 1.54) is 37.0 Å². The molecule has 1 aliphatic rings. The minimum absolute atomic E-state index is 0.555. The second kappa shape index (κ2) is 6.37. The fourth-order valence-corrected chi connectivity index (χ4v) is 3.49. The van der Waals surface area contributed by atoms with Crippen LogP contribution in [0.1, 0.15) is 31.2 Å². The maximum Gasteiger partial charge on any atom is 0.111 e. The molecule has 2 heterocycles. The molecule has 0 N–H and O–H groups in total. The normalized spacial score (nSPS) is 17.7. The molecule has 2 aromatic rings. The molecule has 0 spiro atoms. The molecule has 1 aromatic heterocycles. The van der Waals surface area contributed by atoms with Crippen LogP contribution < -0.4 is 0 Å². The third kappa shape index (κ3) is 3.09. The fourth-order valence-electron chi connectivity index (χ4n) is 3.32. The van der Waals surface area contributed by atoms with Crippen molar-refractivity contribution in [2.45, 2.75) is 45.7 Å². The van der Waals surface area contributed by atoms with Crippen LogP contribution in [-0.4, -0.2) is 39.5 Å². The molecule has 114 valence electrons. The number of halogens is 1. The predicted octanol–water partition coefficient (Wildman–Crippen LogP) is 3.61. The lowest BCUT2D eigenvalue weighted by molar-refractivity contribution is 0.236. The number of benzene rings is 1. The molecule has 1 unspecified atom stereocenters. The molecule has 1 fully saturated rings. The Morgan fingerprint density at radius 3 is 2.76 bits per heavy atom. The van der Waals surface area contributed by atoms with Gasteiger partial charge in [-0.2, -0.15) is 0 Å². The zero-order valence-electron chi connectivity index (χ0n) is 13.0. The van der Waals surface area contributed by atoms with E-state index in [4.69, 9.17) is 16.6 Å². The number of aromatic nitrogens is 2. The van der Waals surface area contributed by atoms with Crippen molar-refractivity contribution >= 4 is 22.6 Å². The standard InChI is InChI=1S/C17H24ClN3/c1-13-5-6-15-16(11-13)21(17(19-15)7-8-18)12-14(2)20-9-3-4-10-20/h5-6,11,14H,3-4,7-10,12H2,1-2H3. The van der Waals surface area contributed by atoms with E-state index in [0.29, 0.717) is 11.9 Å². The molecular weight excluding hydrogens is 282 g/mol. The van der Waals surface area contributed by atoms with Crippen LogP contribution in [0.5, 0.6) is 0 Å². The summed E-state index contributed by atoms with van der Waals surface area (Å²) in [5.74, 6) is 1.75. The highest BCUT2D eigenvalue weighted by atomic mass is 35.5. The first kappa shape index (κ1) is 14.9. The van der Waals surface area contributed by atoms with Crippen LogP contribution in [0.15, 0.2) is 18.2 Å². The van der Waals surface area contributed by atoms with Gasteiger partial charge in [-0.05, 0) is 57.5 Å². The smallest absolute Gasteiger partial charge is 0.111 e. The molecule has 0 amide bonds. The van der Waals surface area contributed by atoms with Crippen molar-refractivity contribution in [3.05, 3.63) is 29.6 Å². The van der Waals surface area contributed by atoms with E-state index < -0.39 is 0 Å². The number of likely N-dealkylation sites (tertiary alicyclic amines) is 1. The van der Waals surface area contributed by atoms with Gasteiger partial charge in [0.25, 0.3) is 0 Å². The third-order valence-electron chi connectivity index (χ3n) is 4.51. The first-order valence-electron chi connectivity index (χ1n) is 7.95. The van der Waals surface area contributed by atoms with E-state index in [1.54, 1.807) is 0 Å². The molecule has 0 radical (unpaired) electrons. The van der Waals surface area contributed by atoms with Crippen LogP contribution in [0.2, 0.25) is 0 Å². The summed E-state index contributed by atoms with van der Waals surface area (Å²) in [6.45, 7) is 7.95. The van der Waals surface area contributed by atoms with Gasteiger partial charge in [-0.15, -0.1) is 11.6 Å². The fraction of sp³-hybridized carbons (Fsp3) is 0.588. The number of nitrogens with zero attached hydrogens (tertiary/aromatic N) is 3. The van der Waals surface area contributed by atoms with Gasteiger partial charge < -0.3 is 4.57 Å². The molecule has 0 saturated carbocycles. The third-order valence-corrected chi connectivity index (χ3v) is 4.70. The van der Waals surface area contributed by atoms with Crippen LogP contribution in [-0.2, 0) is 13.0 Å². The first-order chi connectivity index (χ1) is 10.2. The van der Waals surface area contributed by atoms with Gasteiger partial charge in [0.1, 0.15) is 5.82 Å². The Morgan fingerprint density at radius 1 is 1.29 bits per heavy atom. The lowest BCUT2D eigenvalue weighted by atomic mass is 10.2. The minimum atomic E-state index is 0.555. The van der Waals surface area contributed by atoms with E-state index in [2.05, 4.69) is 41.5 Å². The Hall–Kier alpha value is -1.06. The Labute approximate surface area is 131 Å². The zero-order valence-corrected chi connectivity index (χ0v) is 13.7. The molecule has 1 aliphatic heterocycles. The quantitative estimate of drug-likeness (QED) is 0.787. The molecular formula is C17H24ClN3. The Balaban J connectivity index is 1.93. The summed E-state index contributed by atoms with van der Waals surface area (Å²) < 4.78 is 2.38. The van der Waals surface area contributed by atoms with Crippen molar-refractivity contribution in [1.29, 1.82) is 0 Å². The number of hydrogen-bond donors (Lipinski definition) is 0. The van der Waals surface area contributed by atoms with Gasteiger partial charge in [-0.3, -0.25) is 4.90 Å². The number of rotatable bonds is 5. The van der Waals surface area contributed by atoms with Crippen LogP contribution in [0, 0.1) is 6.92 Å². The average Bonchev–Trinajstić information content (AvgIpc) is 3.09. The number of aryl methyl sites for hydroxylation is 2. The Kier molecular flexibility index (Phi) is 4.51. The summed E-state index contributed by atoms with van der Waals surface area (Å²) in [6.07, 6.45) is 3.51. The molecule has 21 heavy (non-hydrogen) atoms. The first-order valence-corrected chi connectivity index (χ1v) is 8.48. The molecule has 3 rings (SSSR count). The SMILES string of the molecule is Cc1ccc2nc(CCCl)n(CC(C)N3CCCC3)c2c1. The summed E-state index contributed by atoms with van der Waals surface area (Å²) in [5.41, 5.74) is 3.63. The number of hydrogen-bond acceptors (Lipinski definition) is 2. The van der Waals surface area contributed by atoms with E-state index in [1.807, 2.05) is 0 Å². The van der Waals surface area contributed by atoms with Crippen LogP contribution in [0.25, 0.3) is 11.0 Å². The second-order valence-corrected chi connectivity index (χ2v) is 6.54. The van der Waals surface area contributed by atoms with E-state index in [-0.39, 0.29) is 0 Å². The van der Waals surface area contributed by atoms with Crippen LogP contribution in [0.3, 0.4) is 0 Å². The van der Waals surface area contributed by atoms with Crippen molar-refractivity contribution in [1.82, 2.24) is 14.5 Å². The number of fused-ring (bicyclic) bond motifs is 1. The van der Waals surface area contributed by atoms with Gasteiger partial charge in [-0.25, -0.2) is 4.98 Å². The van der Waals surface area contributed by atoms with Gasteiger partial charge in [0.15, 0.2) is 0 Å². The lowest BCUT2D eigenvalue weighted by Crippen LogP contribution is -2.34. The molecule has 4 heteroatoms. The molecule has 1 saturated heterocycles. The number of imidazole rings is 1. The zero-order chi connectivity index (χ0) is 14.8. The van der Waals surface area contributed by atoms with Gasteiger partial charge in [0.2, 0.25) is 0 Å². The summed E-state index contributed by atoms with van der Waals surface area (Å²) in [7, 11) is 0. The second-order valence-electron chi connectivity index (χ2n) is 6.16. The van der Waals surface area contributed by atoms with E-state index in [9.17, 15) is 0 Å². The molecule has 1 aromatic carbocycles. The predicted molar refractivity (Wildman–Crippen MR) is 89.2 cm³/mol. The lowest BCUT2D eigenvalue weighted by Gasteiger charge is -2.25. The maximum absolute atomic E-state index is 5.97. The molecule has 0 bridgehead atoms.